The van der Waals surface area contributed by atoms with E-state index >= 15 is 0 Å². The number of carbonyl (C=O) groups is 1. The Morgan fingerprint density at radius 2 is 2.00 bits per heavy atom. The zero-order valence-corrected chi connectivity index (χ0v) is 8.75. The maximum absolute atomic E-state index is 12.0. The van der Waals surface area contributed by atoms with E-state index in [1.807, 2.05) is 0 Å². The van der Waals surface area contributed by atoms with Crippen molar-refractivity contribution in [2.75, 3.05) is 6.61 Å². The number of benzene rings is 1. The fraction of sp³-hybridized carbons (Fsp3) is 0.300. The van der Waals surface area contributed by atoms with Gasteiger partial charge in [0.25, 0.3) is 0 Å². The van der Waals surface area contributed by atoms with Crippen molar-refractivity contribution in [2.45, 2.75) is 12.7 Å². The summed E-state index contributed by atoms with van der Waals surface area (Å²) < 4.78 is 40.4. The molecule has 1 aromatic carbocycles. The fourth-order valence-electron chi connectivity index (χ4n) is 1.19. The molecule has 0 spiro atoms. The summed E-state index contributed by atoms with van der Waals surface area (Å²) in [4.78, 5) is 10.9. The maximum atomic E-state index is 12.0. The van der Waals surface area contributed by atoms with Gasteiger partial charge in [0.2, 0.25) is 5.91 Å². The molecule has 1 rings (SSSR count). The first-order chi connectivity index (χ1) is 7.83. The molecule has 0 unspecified atom stereocenters. The first-order valence-electron chi connectivity index (χ1n) is 4.66. The summed E-state index contributed by atoms with van der Waals surface area (Å²) in [5, 5.41) is 0. The molecule has 4 N–H and O–H groups in total. The molecule has 0 heterocycles. The van der Waals surface area contributed by atoms with Crippen molar-refractivity contribution in [1.82, 2.24) is 0 Å². The van der Waals surface area contributed by atoms with E-state index in [4.69, 9.17) is 11.5 Å². The van der Waals surface area contributed by atoms with Gasteiger partial charge in [-0.05, 0) is 18.2 Å². The number of ether oxygens (including phenoxy) is 1. The second kappa shape index (κ2) is 5.05. The quantitative estimate of drug-likeness (QED) is 0.839. The van der Waals surface area contributed by atoms with Gasteiger partial charge in [-0.2, -0.15) is 13.2 Å². The Morgan fingerprint density at radius 3 is 2.47 bits per heavy atom. The fourth-order valence-corrected chi connectivity index (χ4v) is 1.19. The molecule has 0 atom stereocenters. The normalized spacial score (nSPS) is 11.3. The molecule has 4 nitrogen and oxygen atoms in total. The zero-order chi connectivity index (χ0) is 13.1. The second-order valence-electron chi connectivity index (χ2n) is 3.29. The van der Waals surface area contributed by atoms with Gasteiger partial charge in [0.05, 0.1) is 0 Å². The van der Waals surface area contributed by atoms with E-state index in [9.17, 15) is 18.0 Å². The van der Waals surface area contributed by atoms with E-state index in [0.29, 0.717) is 5.56 Å². The third-order valence-corrected chi connectivity index (χ3v) is 1.96. The van der Waals surface area contributed by atoms with Gasteiger partial charge in [-0.25, -0.2) is 0 Å². The van der Waals surface area contributed by atoms with Crippen molar-refractivity contribution in [2.24, 2.45) is 11.5 Å². The smallest absolute Gasteiger partial charge is 0.422 e. The van der Waals surface area contributed by atoms with Crippen molar-refractivity contribution in [3.8, 4) is 5.75 Å². The number of alkyl halides is 3. The Labute approximate surface area is 95.3 Å². The maximum Gasteiger partial charge on any atom is 0.422 e. The van der Waals surface area contributed by atoms with Gasteiger partial charge >= 0.3 is 6.18 Å². The summed E-state index contributed by atoms with van der Waals surface area (Å²) in [5.74, 6) is -0.683. The van der Waals surface area contributed by atoms with Crippen LogP contribution in [-0.4, -0.2) is 18.7 Å². The number of nitrogens with two attached hydrogens (primary N) is 2. The minimum absolute atomic E-state index is 0.00479. The number of rotatable bonds is 4. The Hall–Kier alpha value is -1.76. The third-order valence-electron chi connectivity index (χ3n) is 1.96. The molecule has 0 saturated heterocycles. The van der Waals surface area contributed by atoms with Crippen molar-refractivity contribution in [3.05, 3.63) is 29.3 Å². The molecule has 0 aliphatic heterocycles. The molecule has 0 radical (unpaired) electrons. The van der Waals surface area contributed by atoms with Crippen LogP contribution >= 0.6 is 0 Å². The van der Waals surface area contributed by atoms with Crippen molar-refractivity contribution >= 4 is 5.91 Å². The highest BCUT2D eigenvalue weighted by atomic mass is 19.4. The number of amides is 1. The summed E-state index contributed by atoms with van der Waals surface area (Å²) >= 11 is 0. The molecule has 1 aromatic rings. The van der Waals surface area contributed by atoms with Crippen LogP contribution in [0.4, 0.5) is 13.2 Å². The molecule has 1 amide bonds. The molecule has 17 heavy (non-hydrogen) atoms. The van der Waals surface area contributed by atoms with Gasteiger partial charge in [0.1, 0.15) is 5.75 Å². The molecule has 94 valence electrons. The van der Waals surface area contributed by atoms with Crippen molar-refractivity contribution in [1.29, 1.82) is 0 Å². The SMILES string of the molecule is NCc1cc(C(N)=O)ccc1OCC(F)(F)F. The van der Waals surface area contributed by atoms with E-state index in [1.54, 1.807) is 0 Å². The van der Waals surface area contributed by atoms with E-state index in [0.717, 1.165) is 0 Å². The average molecular weight is 248 g/mol. The largest absolute Gasteiger partial charge is 0.484 e. The number of hydrogen-bond donors (Lipinski definition) is 2. The minimum atomic E-state index is -4.42. The van der Waals surface area contributed by atoms with Crippen LogP contribution in [0.2, 0.25) is 0 Å². The van der Waals surface area contributed by atoms with Gasteiger partial charge in [-0.15, -0.1) is 0 Å². The second-order valence-corrected chi connectivity index (χ2v) is 3.29. The van der Waals surface area contributed by atoms with E-state index in [2.05, 4.69) is 4.74 Å². The predicted molar refractivity (Wildman–Crippen MR) is 54.4 cm³/mol. The summed E-state index contributed by atoms with van der Waals surface area (Å²) in [7, 11) is 0. The van der Waals surface area contributed by atoms with E-state index < -0.39 is 18.7 Å². The Bertz CT molecular complexity index is 419. The molecular formula is C10H11F3N2O2. The number of halogens is 3. The number of carbonyl (C=O) groups excluding carboxylic acids is 1. The van der Waals surface area contributed by atoms with Crippen LogP contribution < -0.4 is 16.2 Å². The Kier molecular flexibility index (Phi) is 3.95. The van der Waals surface area contributed by atoms with E-state index in [1.165, 1.54) is 18.2 Å². The van der Waals surface area contributed by atoms with Crippen LogP contribution in [0.15, 0.2) is 18.2 Å². The minimum Gasteiger partial charge on any atom is -0.484 e. The van der Waals surface area contributed by atoms with Gasteiger partial charge in [0.15, 0.2) is 6.61 Å². The lowest BCUT2D eigenvalue weighted by atomic mass is 10.1. The van der Waals surface area contributed by atoms with E-state index in [-0.39, 0.29) is 17.9 Å². The lowest BCUT2D eigenvalue weighted by Gasteiger charge is -2.12. The summed E-state index contributed by atoms with van der Waals surface area (Å²) in [5.41, 5.74) is 10.8. The first-order valence-corrected chi connectivity index (χ1v) is 4.66. The molecule has 0 aliphatic rings. The van der Waals surface area contributed by atoms with Crippen LogP contribution in [0.3, 0.4) is 0 Å². The van der Waals surface area contributed by atoms with Crippen LogP contribution in [0, 0.1) is 0 Å². The molecule has 0 aliphatic carbocycles. The van der Waals surface area contributed by atoms with Crippen LogP contribution in [0.25, 0.3) is 0 Å². The van der Waals surface area contributed by atoms with Gasteiger partial charge in [0, 0.05) is 17.7 Å². The molecule has 0 fully saturated rings. The van der Waals surface area contributed by atoms with Crippen molar-refractivity contribution < 1.29 is 22.7 Å². The summed E-state index contributed by atoms with van der Waals surface area (Å²) in [6.45, 7) is -1.45. The topological polar surface area (TPSA) is 78.3 Å². The average Bonchev–Trinajstić information content (AvgIpc) is 2.24. The number of primary amides is 1. The van der Waals surface area contributed by atoms with Gasteiger partial charge in [-0.3, -0.25) is 4.79 Å². The predicted octanol–water partition coefficient (Wildman–Crippen LogP) is 1.19. The highest BCUT2D eigenvalue weighted by Gasteiger charge is 2.28. The third kappa shape index (κ3) is 3.95. The van der Waals surface area contributed by atoms with Gasteiger partial charge < -0.3 is 16.2 Å². The monoisotopic (exact) mass is 248 g/mol. The zero-order valence-electron chi connectivity index (χ0n) is 8.75. The summed E-state index contributed by atoms with van der Waals surface area (Å²) in [6.07, 6.45) is -4.42. The molecule has 0 saturated carbocycles. The highest BCUT2D eigenvalue weighted by Crippen LogP contribution is 2.23. The Morgan fingerprint density at radius 1 is 1.35 bits per heavy atom. The van der Waals surface area contributed by atoms with Gasteiger partial charge in [-0.1, -0.05) is 0 Å². The van der Waals surface area contributed by atoms with Crippen LogP contribution in [0.1, 0.15) is 15.9 Å². The highest BCUT2D eigenvalue weighted by molar-refractivity contribution is 5.93. The van der Waals surface area contributed by atoms with Crippen LogP contribution in [-0.2, 0) is 6.54 Å². The number of hydrogen-bond acceptors (Lipinski definition) is 3. The van der Waals surface area contributed by atoms with Crippen LogP contribution in [0.5, 0.6) is 5.75 Å². The lowest BCUT2D eigenvalue weighted by molar-refractivity contribution is -0.153. The first kappa shape index (κ1) is 13.3. The standard InChI is InChI=1S/C10H11F3N2O2/c11-10(12,13)5-17-8-2-1-6(9(15)16)3-7(8)4-14/h1-3H,4-5,14H2,(H2,15,16). The lowest BCUT2D eigenvalue weighted by Crippen LogP contribution is -2.20. The molecular weight excluding hydrogens is 237 g/mol. The van der Waals surface area contributed by atoms with Crippen molar-refractivity contribution in [3.63, 3.8) is 0 Å². The molecule has 7 heteroatoms. The molecule has 0 aromatic heterocycles. The Balaban J connectivity index is 2.89. The summed E-state index contributed by atoms with van der Waals surface area (Å²) in [6, 6.07) is 3.84. The molecule has 0 bridgehead atoms.